The standard InChI is InChI=1S/3Mn.2Ti. The van der Waals surface area contributed by atoms with Crippen LogP contribution in [0.25, 0.3) is 0 Å². The molecule has 0 aromatic heterocycles. The van der Waals surface area contributed by atoms with Crippen LogP contribution in [-0.4, -0.2) is 0 Å². The molecule has 0 aliphatic rings. The van der Waals surface area contributed by atoms with E-state index in [0.717, 1.165) is 0 Å². The largest absolute Gasteiger partial charge is 0 e. The van der Waals surface area contributed by atoms with Gasteiger partial charge in [0.1, 0.15) is 0 Å². The summed E-state index contributed by atoms with van der Waals surface area (Å²) in [5, 5.41) is 0. The topological polar surface area (TPSA) is 0 Å². The van der Waals surface area contributed by atoms with Gasteiger partial charge in [-0.05, 0) is 0 Å². The monoisotopic (exact) mass is 261 g/mol. The van der Waals surface area contributed by atoms with Gasteiger partial charge in [-0.25, -0.2) is 0 Å². The van der Waals surface area contributed by atoms with Crippen molar-refractivity contribution in [2.24, 2.45) is 0 Å². The summed E-state index contributed by atoms with van der Waals surface area (Å²) in [5.74, 6) is 0. The maximum Gasteiger partial charge on any atom is 0 e. The van der Waals surface area contributed by atoms with Crippen LogP contribution in [0.1, 0.15) is 0 Å². The third-order valence-corrected chi connectivity index (χ3v) is 0. The van der Waals surface area contributed by atoms with E-state index in [2.05, 4.69) is 0 Å². The van der Waals surface area contributed by atoms with Gasteiger partial charge in [0.2, 0.25) is 0 Å². The Morgan fingerprint density at radius 1 is 0.400 bits per heavy atom. The van der Waals surface area contributed by atoms with Crippen molar-refractivity contribution < 1.29 is 94.6 Å². The molecule has 0 unspecified atom stereocenters. The van der Waals surface area contributed by atoms with Gasteiger partial charge in [-0.15, -0.1) is 0 Å². The predicted molar refractivity (Wildman–Crippen MR) is 0 cm³/mol. The van der Waals surface area contributed by atoms with Gasteiger partial charge in [-0.2, -0.15) is 0 Å². The molecule has 0 bridgehead atoms. The van der Waals surface area contributed by atoms with E-state index in [1.54, 1.807) is 0 Å². The second-order valence-corrected chi connectivity index (χ2v) is 0. The molecule has 0 nitrogen and oxygen atoms in total. The molecule has 0 amide bonds. The molecule has 0 rings (SSSR count). The van der Waals surface area contributed by atoms with Crippen LogP contribution >= 0.6 is 0 Å². The van der Waals surface area contributed by atoms with Gasteiger partial charge in [0.05, 0.1) is 0 Å². The fourth-order valence-electron chi connectivity index (χ4n) is 0. The summed E-state index contributed by atoms with van der Waals surface area (Å²) in [6, 6.07) is 0. The molecule has 29 valence electrons. The molecule has 0 aliphatic carbocycles. The van der Waals surface area contributed by atoms with Crippen molar-refractivity contribution in [3.8, 4) is 0 Å². The summed E-state index contributed by atoms with van der Waals surface area (Å²) in [4.78, 5) is 0. The molecule has 0 aromatic rings. The van der Waals surface area contributed by atoms with Crippen molar-refractivity contribution in [2.45, 2.75) is 0 Å². The molecule has 0 N–H and O–H groups in total. The van der Waals surface area contributed by atoms with E-state index in [1.165, 1.54) is 0 Å². The molecule has 0 saturated heterocycles. The van der Waals surface area contributed by atoms with Crippen LogP contribution in [0.3, 0.4) is 0 Å². The second-order valence-electron chi connectivity index (χ2n) is 0. The first-order valence-electron chi connectivity index (χ1n) is 0. The van der Waals surface area contributed by atoms with E-state index >= 15 is 0 Å². The normalized spacial score (nSPS) is 0. The van der Waals surface area contributed by atoms with Crippen molar-refractivity contribution in [2.75, 3.05) is 0 Å². The van der Waals surface area contributed by atoms with Crippen LogP contribution < -0.4 is 0 Å². The van der Waals surface area contributed by atoms with Crippen molar-refractivity contribution in [1.29, 1.82) is 0 Å². The van der Waals surface area contributed by atoms with Crippen LogP contribution in [0.4, 0.5) is 0 Å². The second kappa shape index (κ2) is 28.1. The summed E-state index contributed by atoms with van der Waals surface area (Å²) in [7, 11) is 0. The van der Waals surface area contributed by atoms with Gasteiger partial charge in [0.15, 0.2) is 0 Å². The zero-order valence-electron chi connectivity index (χ0n) is 2.13. The summed E-state index contributed by atoms with van der Waals surface area (Å²) in [6.07, 6.45) is 0. The van der Waals surface area contributed by atoms with Gasteiger partial charge in [0.25, 0.3) is 0 Å². The van der Waals surface area contributed by atoms with E-state index in [0.29, 0.717) is 0 Å². The molecule has 0 spiro atoms. The van der Waals surface area contributed by atoms with E-state index in [9.17, 15) is 0 Å². The summed E-state index contributed by atoms with van der Waals surface area (Å²) in [5.41, 5.74) is 0. The van der Waals surface area contributed by atoms with Crippen LogP contribution in [0.15, 0.2) is 0 Å². The van der Waals surface area contributed by atoms with Crippen molar-refractivity contribution >= 4 is 0 Å². The Kier molecular flexibility index (Phi) is 245. The maximum atomic E-state index is 0. The third-order valence-electron chi connectivity index (χ3n) is 0. The molecule has 0 aliphatic heterocycles. The molecule has 5 heteroatoms. The zero-order valence-corrected chi connectivity index (χ0v) is 8.80. The van der Waals surface area contributed by atoms with E-state index in [-0.39, 0.29) is 94.6 Å². The molecule has 0 heterocycles. The first kappa shape index (κ1) is 43.7. The Morgan fingerprint density at radius 3 is 0.400 bits per heavy atom. The van der Waals surface area contributed by atoms with Crippen molar-refractivity contribution in [3.05, 3.63) is 0 Å². The summed E-state index contributed by atoms with van der Waals surface area (Å²) < 4.78 is 0. The fourth-order valence-corrected chi connectivity index (χ4v) is 0. The molecule has 0 aromatic carbocycles. The van der Waals surface area contributed by atoms with Crippen LogP contribution in [0.2, 0.25) is 0 Å². The minimum atomic E-state index is 0. The molecular weight excluding hydrogens is 261 g/mol. The Balaban J connectivity index is 0. The molecule has 0 saturated carbocycles. The van der Waals surface area contributed by atoms with Crippen LogP contribution in [0, 0.1) is 0 Å². The molecule has 0 atom stereocenters. The van der Waals surface area contributed by atoms with Gasteiger partial charge >= 0.3 is 0 Å². The van der Waals surface area contributed by atoms with Crippen LogP contribution in [-0.2, 0) is 94.6 Å². The average Bonchev–Trinajstić information content (AvgIpc) is 0. The van der Waals surface area contributed by atoms with Crippen molar-refractivity contribution in [3.63, 3.8) is 0 Å². The Hall–Kier alpha value is 2.99. The smallest absolute Gasteiger partial charge is 0 e. The first-order valence-corrected chi connectivity index (χ1v) is 0. The van der Waals surface area contributed by atoms with Crippen LogP contribution in [0.5, 0.6) is 0 Å². The van der Waals surface area contributed by atoms with E-state index in [4.69, 9.17) is 0 Å². The summed E-state index contributed by atoms with van der Waals surface area (Å²) >= 11 is 0. The molecule has 5 heavy (non-hydrogen) atoms. The minimum absolute atomic E-state index is 0. The predicted octanol–water partition coefficient (Wildman–Crippen LogP) is -0.0125. The van der Waals surface area contributed by atoms with E-state index in [1.807, 2.05) is 0 Å². The number of rotatable bonds is 0. The van der Waals surface area contributed by atoms with Gasteiger partial charge in [-0.1, -0.05) is 0 Å². The average molecular weight is 261 g/mol. The minimum Gasteiger partial charge on any atom is 0 e. The van der Waals surface area contributed by atoms with Gasteiger partial charge in [0, 0.05) is 94.6 Å². The Labute approximate surface area is 93.2 Å². The fraction of sp³-hybridized carbons (Fsp3) is 0. The first-order chi connectivity index (χ1) is 0. The molecule has 0 fully saturated rings. The quantitative estimate of drug-likeness (QED) is 0.538. The SMILES string of the molecule is [Mn].[Mn].[Mn].[Ti].[Ti]. The third kappa shape index (κ3) is 19.5. The van der Waals surface area contributed by atoms with Crippen molar-refractivity contribution in [1.82, 2.24) is 0 Å². The molecular formula is Mn3Ti2. The number of hydrogen-bond acceptors (Lipinski definition) is 0. The Morgan fingerprint density at radius 2 is 0.400 bits per heavy atom. The number of hydrogen-bond donors (Lipinski definition) is 0. The zero-order chi connectivity index (χ0) is 0. The summed E-state index contributed by atoms with van der Waals surface area (Å²) in [6.45, 7) is 0. The van der Waals surface area contributed by atoms with E-state index < -0.39 is 0 Å². The van der Waals surface area contributed by atoms with Gasteiger partial charge < -0.3 is 0 Å². The molecule has 3 radical (unpaired) electrons. The maximum absolute atomic E-state index is 0. The van der Waals surface area contributed by atoms with Gasteiger partial charge in [-0.3, -0.25) is 0 Å². The Bertz CT molecular complexity index is 4.85.